The smallest absolute Gasteiger partial charge is 0.308 e. The number of rotatable bonds is 6. The largest absolute Gasteiger partial charge is 0.481 e. The molecule has 1 amide bonds. The number of aliphatic carboxylic acids is 1. The molecule has 4 nitrogen and oxygen atoms in total. The minimum atomic E-state index is -0.864. The van der Waals surface area contributed by atoms with E-state index in [1.807, 2.05) is 19.9 Å². The molecular formula is C14H19NO3. The fraction of sp³-hybridized carbons (Fsp3) is 0.429. The van der Waals surface area contributed by atoms with E-state index in [2.05, 4.69) is 5.32 Å². The molecule has 1 aromatic carbocycles. The maximum atomic E-state index is 11.8. The topological polar surface area (TPSA) is 66.4 Å². The summed E-state index contributed by atoms with van der Waals surface area (Å²) in [7, 11) is 0. The van der Waals surface area contributed by atoms with Gasteiger partial charge in [0.05, 0.1) is 5.92 Å². The molecule has 2 N–H and O–H groups in total. The second-order valence-electron chi connectivity index (χ2n) is 4.74. The number of amides is 1. The molecule has 0 aliphatic rings. The number of nitrogens with one attached hydrogen (secondary N) is 1. The second-order valence-corrected chi connectivity index (χ2v) is 4.74. The predicted octanol–water partition coefficient (Wildman–Crippen LogP) is 2.16. The SMILES string of the molecule is CC(C)CC(CNC(=O)c1ccccc1)C(=O)O. The van der Waals surface area contributed by atoms with Crippen LogP contribution in [0.2, 0.25) is 0 Å². The Labute approximate surface area is 107 Å². The van der Waals surface area contributed by atoms with Crippen molar-refractivity contribution in [3.05, 3.63) is 35.9 Å². The quantitative estimate of drug-likeness (QED) is 0.812. The Morgan fingerprint density at radius 3 is 2.33 bits per heavy atom. The molecule has 18 heavy (non-hydrogen) atoms. The highest BCUT2D eigenvalue weighted by Crippen LogP contribution is 2.11. The number of carboxylic acid groups (broad SMARTS) is 1. The molecule has 1 aromatic rings. The highest BCUT2D eigenvalue weighted by molar-refractivity contribution is 5.94. The van der Waals surface area contributed by atoms with E-state index in [-0.39, 0.29) is 12.5 Å². The Kier molecular flexibility index (Phi) is 5.36. The molecular weight excluding hydrogens is 230 g/mol. The van der Waals surface area contributed by atoms with Crippen LogP contribution in [0, 0.1) is 11.8 Å². The molecule has 0 radical (unpaired) electrons. The van der Waals surface area contributed by atoms with Crippen molar-refractivity contribution in [3.8, 4) is 0 Å². The van der Waals surface area contributed by atoms with E-state index in [9.17, 15) is 9.59 Å². The van der Waals surface area contributed by atoms with Crippen LogP contribution < -0.4 is 5.32 Å². The Hall–Kier alpha value is -1.84. The Balaban J connectivity index is 2.52. The predicted molar refractivity (Wildman–Crippen MR) is 69.4 cm³/mol. The van der Waals surface area contributed by atoms with Crippen molar-refractivity contribution in [2.75, 3.05) is 6.54 Å². The van der Waals surface area contributed by atoms with Crippen LogP contribution in [0.4, 0.5) is 0 Å². The number of benzene rings is 1. The summed E-state index contributed by atoms with van der Waals surface area (Å²) < 4.78 is 0. The van der Waals surface area contributed by atoms with E-state index in [1.54, 1.807) is 24.3 Å². The van der Waals surface area contributed by atoms with Crippen LogP contribution in [0.3, 0.4) is 0 Å². The van der Waals surface area contributed by atoms with Gasteiger partial charge >= 0.3 is 5.97 Å². The third kappa shape index (κ3) is 4.57. The minimum absolute atomic E-state index is 0.168. The Morgan fingerprint density at radius 2 is 1.83 bits per heavy atom. The van der Waals surface area contributed by atoms with Crippen molar-refractivity contribution in [2.24, 2.45) is 11.8 Å². The zero-order valence-electron chi connectivity index (χ0n) is 10.7. The third-order valence-corrected chi connectivity index (χ3v) is 2.65. The first-order chi connectivity index (χ1) is 8.50. The molecule has 1 rings (SSSR count). The van der Waals surface area contributed by atoms with E-state index in [1.165, 1.54) is 0 Å². The van der Waals surface area contributed by atoms with Crippen molar-refractivity contribution < 1.29 is 14.7 Å². The summed E-state index contributed by atoms with van der Waals surface area (Å²) in [5.41, 5.74) is 0.547. The molecule has 0 heterocycles. The van der Waals surface area contributed by atoms with Gasteiger partial charge in [-0.1, -0.05) is 32.0 Å². The van der Waals surface area contributed by atoms with Crippen LogP contribution in [0.1, 0.15) is 30.6 Å². The molecule has 0 spiro atoms. The van der Waals surface area contributed by atoms with Gasteiger partial charge in [-0.05, 0) is 24.5 Å². The monoisotopic (exact) mass is 249 g/mol. The van der Waals surface area contributed by atoms with Crippen LogP contribution in [0.5, 0.6) is 0 Å². The van der Waals surface area contributed by atoms with E-state index >= 15 is 0 Å². The zero-order valence-corrected chi connectivity index (χ0v) is 10.7. The van der Waals surface area contributed by atoms with Crippen molar-refractivity contribution in [2.45, 2.75) is 20.3 Å². The molecule has 4 heteroatoms. The zero-order chi connectivity index (χ0) is 13.5. The summed E-state index contributed by atoms with van der Waals surface area (Å²) in [6.07, 6.45) is 0.560. The van der Waals surface area contributed by atoms with Gasteiger partial charge in [0.25, 0.3) is 5.91 Å². The van der Waals surface area contributed by atoms with Gasteiger partial charge < -0.3 is 10.4 Å². The van der Waals surface area contributed by atoms with Crippen molar-refractivity contribution >= 4 is 11.9 Å². The Morgan fingerprint density at radius 1 is 1.22 bits per heavy atom. The van der Waals surface area contributed by atoms with E-state index in [0.717, 1.165) is 0 Å². The first-order valence-corrected chi connectivity index (χ1v) is 6.06. The fourth-order valence-corrected chi connectivity index (χ4v) is 1.75. The molecule has 1 unspecified atom stereocenters. The van der Waals surface area contributed by atoms with Gasteiger partial charge in [-0.2, -0.15) is 0 Å². The molecule has 0 bridgehead atoms. The summed E-state index contributed by atoms with van der Waals surface area (Å²) in [6.45, 7) is 4.10. The normalized spacial score (nSPS) is 12.2. The van der Waals surface area contributed by atoms with Crippen molar-refractivity contribution in [1.29, 1.82) is 0 Å². The first-order valence-electron chi connectivity index (χ1n) is 6.06. The standard InChI is InChI=1S/C14H19NO3/c1-10(2)8-12(14(17)18)9-15-13(16)11-6-4-3-5-7-11/h3-7,10,12H,8-9H2,1-2H3,(H,15,16)(H,17,18). The maximum absolute atomic E-state index is 11.8. The van der Waals surface area contributed by atoms with Gasteiger partial charge in [0, 0.05) is 12.1 Å². The number of carboxylic acids is 1. The number of hydrogen-bond donors (Lipinski definition) is 2. The molecule has 0 aliphatic carbocycles. The lowest BCUT2D eigenvalue weighted by atomic mass is 9.97. The number of carbonyl (C=O) groups excluding carboxylic acids is 1. The molecule has 0 saturated carbocycles. The Bertz CT molecular complexity index is 401. The number of carbonyl (C=O) groups is 2. The lowest BCUT2D eigenvalue weighted by molar-refractivity contribution is -0.142. The second kappa shape index (κ2) is 6.79. The van der Waals surface area contributed by atoms with Gasteiger partial charge in [-0.15, -0.1) is 0 Å². The average Bonchev–Trinajstić information content (AvgIpc) is 2.34. The van der Waals surface area contributed by atoms with Crippen LogP contribution in [0.25, 0.3) is 0 Å². The fourth-order valence-electron chi connectivity index (χ4n) is 1.75. The summed E-state index contributed by atoms with van der Waals surface area (Å²) in [4.78, 5) is 22.8. The maximum Gasteiger partial charge on any atom is 0.308 e. The third-order valence-electron chi connectivity index (χ3n) is 2.65. The minimum Gasteiger partial charge on any atom is -0.481 e. The van der Waals surface area contributed by atoms with Crippen LogP contribution >= 0.6 is 0 Å². The van der Waals surface area contributed by atoms with E-state index in [4.69, 9.17) is 5.11 Å². The first kappa shape index (κ1) is 14.2. The lowest BCUT2D eigenvalue weighted by Gasteiger charge is -2.15. The van der Waals surface area contributed by atoms with Crippen molar-refractivity contribution in [3.63, 3.8) is 0 Å². The van der Waals surface area contributed by atoms with Crippen LogP contribution in [-0.2, 0) is 4.79 Å². The summed E-state index contributed by atoms with van der Waals surface area (Å²) in [6, 6.07) is 8.78. The van der Waals surface area contributed by atoms with Gasteiger partial charge in [0.1, 0.15) is 0 Å². The molecule has 0 aromatic heterocycles. The number of hydrogen-bond acceptors (Lipinski definition) is 2. The average molecular weight is 249 g/mol. The molecule has 0 saturated heterocycles. The summed E-state index contributed by atoms with van der Waals surface area (Å²) >= 11 is 0. The van der Waals surface area contributed by atoms with Gasteiger partial charge in [-0.3, -0.25) is 9.59 Å². The lowest BCUT2D eigenvalue weighted by Crippen LogP contribution is -2.33. The summed E-state index contributed by atoms with van der Waals surface area (Å²) in [5.74, 6) is -1.33. The van der Waals surface area contributed by atoms with Crippen molar-refractivity contribution in [1.82, 2.24) is 5.32 Å². The molecule has 0 aliphatic heterocycles. The highest BCUT2D eigenvalue weighted by Gasteiger charge is 2.19. The van der Waals surface area contributed by atoms with Crippen LogP contribution in [-0.4, -0.2) is 23.5 Å². The highest BCUT2D eigenvalue weighted by atomic mass is 16.4. The molecule has 0 fully saturated rings. The molecule has 1 atom stereocenters. The van der Waals surface area contributed by atoms with E-state index in [0.29, 0.717) is 17.9 Å². The van der Waals surface area contributed by atoms with Crippen LogP contribution in [0.15, 0.2) is 30.3 Å². The van der Waals surface area contributed by atoms with Gasteiger partial charge in [0.15, 0.2) is 0 Å². The van der Waals surface area contributed by atoms with Gasteiger partial charge in [0.2, 0.25) is 0 Å². The summed E-state index contributed by atoms with van der Waals surface area (Å²) in [5, 5.41) is 11.7. The molecule has 98 valence electrons. The van der Waals surface area contributed by atoms with Gasteiger partial charge in [-0.25, -0.2) is 0 Å². The van der Waals surface area contributed by atoms with E-state index < -0.39 is 11.9 Å².